The summed E-state index contributed by atoms with van der Waals surface area (Å²) in [6, 6.07) is 10.9. The van der Waals surface area contributed by atoms with Crippen molar-refractivity contribution in [3.05, 3.63) is 70.2 Å². The lowest BCUT2D eigenvalue weighted by Crippen LogP contribution is -2.50. The molecule has 3 nitrogen and oxygen atoms in total. The molecule has 0 aromatic heterocycles. The molecule has 1 fully saturated rings. The molecule has 1 heterocycles. The van der Waals surface area contributed by atoms with E-state index >= 15 is 0 Å². The van der Waals surface area contributed by atoms with Gasteiger partial charge in [0.2, 0.25) is 5.91 Å². The fourth-order valence-corrected chi connectivity index (χ4v) is 3.46. The molecule has 2 aromatic rings. The number of amides is 1. The zero-order valence-corrected chi connectivity index (χ0v) is 15.5. The molecule has 0 saturated carbocycles. The first kappa shape index (κ1) is 20.6. The molecule has 0 bridgehead atoms. The van der Waals surface area contributed by atoms with Gasteiger partial charge >= 0.3 is 0 Å². The lowest BCUT2D eigenvalue weighted by molar-refractivity contribution is -0.121. The number of nitrogens with one attached hydrogen (secondary N) is 2. The van der Waals surface area contributed by atoms with E-state index in [0.717, 1.165) is 24.6 Å². The Kier molecular flexibility index (Phi) is 7.38. The first-order valence-electron chi connectivity index (χ1n) is 8.22. The zero-order valence-electron chi connectivity index (χ0n) is 14.0. The van der Waals surface area contributed by atoms with Gasteiger partial charge in [0.1, 0.15) is 0 Å². The Morgan fingerprint density at radius 3 is 2.73 bits per heavy atom. The molecule has 0 aliphatic carbocycles. The van der Waals surface area contributed by atoms with Crippen LogP contribution in [0.25, 0.3) is 0 Å². The van der Waals surface area contributed by atoms with Gasteiger partial charge in [-0.3, -0.25) is 4.79 Å². The number of hydrogen-bond donors (Lipinski definition) is 2. The minimum atomic E-state index is -0.862. The van der Waals surface area contributed by atoms with Gasteiger partial charge in [-0.1, -0.05) is 29.8 Å². The number of carbonyl (C=O) groups excluding carboxylic acids is 1. The fourth-order valence-electron chi connectivity index (χ4n) is 3.24. The second-order valence-electron chi connectivity index (χ2n) is 6.25. The van der Waals surface area contributed by atoms with Crippen LogP contribution in [0.1, 0.15) is 23.5 Å². The highest BCUT2D eigenvalue weighted by molar-refractivity contribution is 6.30. The Labute approximate surface area is 162 Å². The highest BCUT2D eigenvalue weighted by atomic mass is 35.5. The minimum Gasteiger partial charge on any atom is -0.351 e. The third-order valence-corrected chi connectivity index (χ3v) is 4.69. The molecule has 1 aliphatic rings. The molecule has 140 valence electrons. The third kappa shape index (κ3) is 5.16. The number of rotatable bonds is 4. The number of piperidine rings is 1. The van der Waals surface area contributed by atoms with E-state index in [2.05, 4.69) is 10.6 Å². The first-order valence-corrected chi connectivity index (χ1v) is 8.60. The van der Waals surface area contributed by atoms with Crippen molar-refractivity contribution in [1.82, 2.24) is 10.6 Å². The maximum Gasteiger partial charge on any atom is 0.224 e. The predicted molar refractivity (Wildman–Crippen MR) is 101 cm³/mol. The number of carbonyl (C=O) groups is 1. The van der Waals surface area contributed by atoms with E-state index in [1.54, 1.807) is 24.3 Å². The highest BCUT2D eigenvalue weighted by Gasteiger charge is 2.28. The van der Waals surface area contributed by atoms with Crippen LogP contribution in [0, 0.1) is 11.6 Å². The lowest BCUT2D eigenvalue weighted by atomic mass is 9.86. The largest absolute Gasteiger partial charge is 0.351 e. The van der Waals surface area contributed by atoms with Crippen LogP contribution in [0.2, 0.25) is 5.02 Å². The van der Waals surface area contributed by atoms with Gasteiger partial charge in [-0.2, -0.15) is 0 Å². The van der Waals surface area contributed by atoms with Crippen molar-refractivity contribution in [1.29, 1.82) is 0 Å². The van der Waals surface area contributed by atoms with Crippen LogP contribution < -0.4 is 10.6 Å². The topological polar surface area (TPSA) is 41.1 Å². The summed E-state index contributed by atoms with van der Waals surface area (Å²) in [5.74, 6) is -1.90. The van der Waals surface area contributed by atoms with E-state index in [1.807, 2.05) is 6.07 Å². The molecule has 2 atom stereocenters. The summed E-state index contributed by atoms with van der Waals surface area (Å²) in [6.07, 6.45) is 0.967. The van der Waals surface area contributed by atoms with Crippen molar-refractivity contribution >= 4 is 29.9 Å². The van der Waals surface area contributed by atoms with Crippen LogP contribution in [-0.4, -0.2) is 25.0 Å². The Morgan fingerprint density at radius 1 is 1.19 bits per heavy atom. The molecule has 1 aliphatic heterocycles. The number of hydrogen-bond acceptors (Lipinski definition) is 2. The maximum absolute atomic E-state index is 13.6. The smallest absolute Gasteiger partial charge is 0.224 e. The summed E-state index contributed by atoms with van der Waals surface area (Å²) in [6.45, 7) is 1.36. The van der Waals surface area contributed by atoms with Crippen molar-refractivity contribution in [2.24, 2.45) is 0 Å². The number of benzene rings is 2. The van der Waals surface area contributed by atoms with Gasteiger partial charge < -0.3 is 10.6 Å². The summed E-state index contributed by atoms with van der Waals surface area (Å²) < 4.78 is 26.7. The van der Waals surface area contributed by atoms with Crippen LogP contribution in [0.15, 0.2) is 42.5 Å². The van der Waals surface area contributed by atoms with Crippen molar-refractivity contribution in [3.63, 3.8) is 0 Å². The SMILES string of the molecule is Cl.O=C(Cc1cccc(Cl)c1)NC1CNCCC1c1ccc(F)c(F)c1. The van der Waals surface area contributed by atoms with Crippen LogP contribution in [0.3, 0.4) is 0 Å². The molecular weight excluding hydrogens is 381 g/mol. The Bertz CT molecular complexity index is 773. The van der Waals surface area contributed by atoms with Crippen molar-refractivity contribution in [2.45, 2.75) is 24.8 Å². The van der Waals surface area contributed by atoms with Gasteiger partial charge in [0.25, 0.3) is 0 Å². The molecule has 2 unspecified atom stereocenters. The van der Waals surface area contributed by atoms with E-state index in [9.17, 15) is 13.6 Å². The van der Waals surface area contributed by atoms with E-state index in [1.165, 1.54) is 6.07 Å². The quantitative estimate of drug-likeness (QED) is 0.818. The number of halogens is 4. The summed E-state index contributed by atoms with van der Waals surface area (Å²) in [5.41, 5.74) is 1.53. The van der Waals surface area contributed by atoms with Crippen LogP contribution >= 0.6 is 24.0 Å². The molecule has 0 radical (unpaired) electrons. The second-order valence-corrected chi connectivity index (χ2v) is 6.69. The molecule has 1 saturated heterocycles. The fraction of sp³-hybridized carbons (Fsp3) is 0.316. The zero-order chi connectivity index (χ0) is 17.8. The van der Waals surface area contributed by atoms with Gasteiger partial charge in [0.05, 0.1) is 6.42 Å². The maximum atomic E-state index is 13.6. The Morgan fingerprint density at radius 2 is 2.00 bits per heavy atom. The first-order chi connectivity index (χ1) is 12.0. The highest BCUT2D eigenvalue weighted by Crippen LogP contribution is 2.27. The third-order valence-electron chi connectivity index (χ3n) is 4.45. The van der Waals surface area contributed by atoms with Crippen LogP contribution in [0.4, 0.5) is 8.78 Å². The average molecular weight is 401 g/mol. The minimum absolute atomic E-state index is 0. The molecule has 26 heavy (non-hydrogen) atoms. The van der Waals surface area contributed by atoms with Gasteiger partial charge in [-0.15, -0.1) is 12.4 Å². The summed E-state index contributed by atoms with van der Waals surface area (Å²) in [7, 11) is 0. The summed E-state index contributed by atoms with van der Waals surface area (Å²) >= 11 is 5.94. The van der Waals surface area contributed by atoms with E-state index in [-0.39, 0.29) is 36.7 Å². The summed E-state index contributed by atoms with van der Waals surface area (Å²) in [5, 5.41) is 6.83. The van der Waals surface area contributed by atoms with E-state index in [4.69, 9.17) is 11.6 Å². The van der Waals surface area contributed by atoms with Crippen LogP contribution in [-0.2, 0) is 11.2 Å². The monoisotopic (exact) mass is 400 g/mol. The van der Waals surface area contributed by atoms with Crippen molar-refractivity contribution in [3.8, 4) is 0 Å². The molecule has 2 aromatic carbocycles. The molecule has 3 rings (SSSR count). The van der Waals surface area contributed by atoms with Gasteiger partial charge in [0, 0.05) is 23.5 Å². The van der Waals surface area contributed by atoms with Crippen molar-refractivity contribution < 1.29 is 13.6 Å². The Hall–Kier alpha value is -1.69. The van der Waals surface area contributed by atoms with E-state index < -0.39 is 11.6 Å². The standard InChI is InChI=1S/C19H19ClF2N2O.ClH/c20-14-3-1-2-12(8-14)9-19(25)24-18-11-23-7-6-15(18)13-4-5-16(21)17(22)10-13;/h1-5,8,10,15,18,23H,6-7,9,11H2,(H,24,25);1H. The van der Waals surface area contributed by atoms with Gasteiger partial charge in [-0.05, 0) is 48.4 Å². The second kappa shape index (κ2) is 9.31. The van der Waals surface area contributed by atoms with Gasteiger partial charge in [-0.25, -0.2) is 8.78 Å². The average Bonchev–Trinajstić information content (AvgIpc) is 2.58. The predicted octanol–water partition coefficient (Wildman–Crippen LogP) is 3.84. The van der Waals surface area contributed by atoms with Crippen LogP contribution in [0.5, 0.6) is 0 Å². The molecule has 7 heteroatoms. The normalized spacial score (nSPS) is 19.5. The van der Waals surface area contributed by atoms with E-state index in [0.29, 0.717) is 17.1 Å². The lowest BCUT2D eigenvalue weighted by Gasteiger charge is -2.33. The summed E-state index contributed by atoms with van der Waals surface area (Å²) in [4.78, 5) is 12.4. The van der Waals surface area contributed by atoms with Crippen molar-refractivity contribution in [2.75, 3.05) is 13.1 Å². The molecule has 0 spiro atoms. The molecule has 1 amide bonds. The van der Waals surface area contributed by atoms with Gasteiger partial charge in [0.15, 0.2) is 11.6 Å². The molecule has 2 N–H and O–H groups in total. The molecular formula is C19H20Cl2F2N2O. The Balaban J connectivity index is 0.00000243.